The number of nitrogens with one attached hydrogen (secondary N) is 1. The van der Waals surface area contributed by atoms with Gasteiger partial charge in [-0.1, -0.05) is 39.0 Å². The van der Waals surface area contributed by atoms with E-state index in [4.69, 9.17) is 16.5 Å². The maximum atomic E-state index is 12.1. The van der Waals surface area contributed by atoms with Crippen LogP contribution in [-0.4, -0.2) is 24.0 Å². The second-order valence-corrected chi connectivity index (χ2v) is 9.43. The van der Waals surface area contributed by atoms with Crippen molar-refractivity contribution in [2.24, 2.45) is 11.5 Å². The van der Waals surface area contributed by atoms with Gasteiger partial charge in [-0.15, -0.1) is 11.3 Å². The number of nitrogens with two attached hydrogens (primary N) is 2. The number of allylic oxidation sites excluding steroid dienone is 4. The molecule has 30 heavy (non-hydrogen) atoms. The molecule has 0 bridgehead atoms. The molecule has 0 fully saturated rings. The number of carbonyl (C=O) groups excluding carboxylic acids is 1. The number of rotatable bonds is 3. The number of pyridine rings is 1. The Morgan fingerprint density at radius 1 is 1.20 bits per heavy atom. The van der Waals surface area contributed by atoms with Crippen molar-refractivity contribution in [1.29, 1.82) is 0 Å². The van der Waals surface area contributed by atoms with Gasteiger partial charge in [-0.3, -0.25) is 4.79 Å². The lowest BCUT2D eigenvalue weighted by Crippen LogP contribution is -2.28. The minimum atomic E-state index is -0.0853. The van der Waals surface area contributed by atoms with Crippen molar-refractivity contribution >= 4 is 38.4 Å². The molecule has 3 aromatic rings. The minimum absolute atomic E-state index is 0.0853. The topological polar surface area (TPSA) is 94.0 Å². The van der Waals surface area contributed by atoms with E-state index in [0.717, 1.165) is 39.7 Å². The Bertz CT molecular complexity index is 1110. The van der Waals surface area contributed by atoms with Crippen LogP contribution in [0.25, 0.3) is 21.1 Å². The Hall–Kier alpha value is -2.70. The number of hydrogen-bond acceptors (Lipinski definition) is 5. The average molecular weight is 423 g/mol. The summed E-state index contributed by atoms with van der Waals surface area (Å²) >= 11 is 1.42. The molecule has 0 aliphatic heterocycles. The van der Waals surface area contributed by atoms with E-state index in [2.05, 4.69) is 56.4 Å². The summed E-state index contributed by atoms with van der Waals surface area (Å²) in [6, 6.07) is 10.4. The third-order valence-corrected chi connectivity index (χ3v) is 5.91. The largest absolute Gasteiger partial charge is 0.402 e. The number of aromatic nitrogens is 1. The molecule has 0 radical (unpaired) electrons. The van der Waals surface area contributed by atoms with Crippen molar-refractivity contribution in [2.75, 3.05) is 13.1 Å². The maximum absolute atomic E-state index is 12.1. The van der Waals surface area contributed by atoms with Crippen LogP contribution in [0.1, 0.15) is 48.8 Å². The zero-order chi connectivity index (χ0) is 21.7. The van der Waals surface area contributed by atoms with Crippen LogP contribution in [0.15, 0.2) is 54.3 Å². The lowest BCUT2D eigenvalue weighted by molar-refractivity contribution is 0.0959. The smallest absolute Gasteiger partial charge is 0.261 e. The van der Waals surface area contributed by atoms with Gasteiger partial charge in [0.2, 0.25) is 0 Å². The maximum Gasteiger partial charge on any atom is 0.261 e. The Morgan fingerprint density at radius 3 is 2.60 bits per heavy atom. The van der Waals surface area contributed by atoms with Crippen LogP contribution in [0.5, 0.6) is 0 Å². The van der Waals surface area contributed by atoms with Crippen LogP contribution in [0, 0.1) is 0 Å². The Balaban J connectivity index is 0.000000310. The molecule has 0 atom stereocenters. The molecule has 1 aliphatic carbocycles. The first-order chi connectivity index (χ1) is 14.3. The minimum Gasteiger partial charge on any atom is -0.402 e. The first-order valence-corrected chi connectivity index (χ1v) is 11.0. The molecular weight excluding hydrogens is 392 g/mol. The molecule has 2 aromatic heterocycles. The second kappa shape index (κ2) is 9.41. The van der Waals surface area contributed by atoms with Gasteiger partial charge in [-0.2, -0.15) is 0 Å². The summed E-state index contributed by atoms with van der Waals surface area (Å²) in [7, 11) is 0. The SMILES string of the molecule is CC(C)(C)c1ccc2nc3sc(C(=O)NCCN)cc3cc2c1.NC1=CC=CCC1. The molecule has 1 aliphatic rings. The molecule has 158 valence electrons. The lowest BCUT2D eigenvalue weighted by atomic mass is 9.86. The summed E-state index contributed by atoms with van der Waals surface area (Å²) in [5, 5.41) is 4.91. The predicted molar refractivity (Wildman–Crippen MR) is 128 cm³/mol. The second-order valence-electron chi connectivity index (χ2n) is 8.40. The number of fused-ring (bicyclic) bond motifs is 2. The number of thiophene rings is 1. The summed E-state index contributed by atoms with van der Waals surface area (Å²) in [5.41, 5.74) is 14.2. The van der Waals surface area contributed by atoms with Crippen molar-refractivity contribution in [3.63, 3.8) is 0 Å². The van der Waals surface area contributed by atoms with E-state index in [1.54, 1.807) is 0 Å². The van der Waals surface area contributed by atoms with Gasteiger partial charge in [0.1, 0.15) is 4.83 Å². The van der Waals surface area contributed by atoms with E-state index in [-0.39, 0.29) is 11.3 Å². The van der Waals surface area contributed by atoms with Crippen LogP contribution in [0.4, 0.5) is 0 Å². The lowest BCUT2D eigenvalue weighted by Gasteiger charge is -2.19. The fraction of sp³-hybridized carbons (Fsp3) is 0.333. The fourth-order valence-corrected chi connectivity index (χ4v) is 4.05. The highest BCUT2D eigenvalue weighted by Crippen LogP contribution is 2.30. The van der Waals surface area contributed by atoms with Crippen molar-refractivity contribution in [3.05, 3.63) is 64.7 Å². The summed E-state index contributed by atoms with van der Waals surface area (Å²) in [6.45, 7) is 7.52. The zero-order valence-corrected chi connectivity index (χ0v) is 18.7. The van der Waals surface area contributed by atoms with E-state index in [9.17, 15) is 4.79 Å². The van der Waals surface area contributed by atoms with Crippen LogP contribution in [0.3, 0.4) is 0 Å². The van der Waals surface area contributed by atoms with E-state index < -0.39 is 0 Å². The van der Waals surface area contributed by atoms with Gasteiger partial charge in [0.05, 0.1) is 10.4 Å². The van der Waals surface area contributed by atoms with Crippen LogP contribution < -0.4 is 16.8 Å². The molecule has 6 heteroatoms. The van der Waals surface area contributed by atoms with Crippen LogP contribution in [-0.2, 0) is 5.41 Å². The van der Waals surface area contributed by atoms with Gasteiger partial charge >= 0.3 is 0 Å². The van der Waals surface area contributed by atoms with Gasteiger partial charge in [0.15, 0.2) is 0 Å². The van der Waals surface area contributed by atoms with Gasteiger partial charge in [-0.25, -0.2) is 4.98 Å². The van der Waals surface area contributed by atoms with Gasteiger partial charge in [0.25, 0.3) is 5.91 Å². The molecule has 0 saturated heterocycles. The van der Waals surface area contributed by atoms with Crippen molar-refractivity contribution in [3.8, 4) is 0 Å². The highest BCUT2D eigenvalue weighted by atomic mass is 32.1. The van der Waals surface area contributed by atoms with Gasteiger partial charge in [0, 0.05) is 29.6 Å². The summed E-state index contributed by atoms with van der Waals surface area (Å²) in [5.74, 6) is -0.0853. The fourth-order valence-electron chi connectivity index (χ4n) is 3.11. The molecule has 0 unspecified atom stereocenters. The molecular formula is C24H30N4OS. The predicted octanol–water partition coefficient (Wildman–Crippen LogP) is 4.61. The van der Waals surface area contributed by atoms with Crippen LogP contribution >= 0.6 is 11.3 Å². The van der Waals surface area contributed by atoms with E-state index in [1.807, 2.05) is 18.2 Å². The average Bonchev–Trinajstić information content (AvgIpc) is 3.13. The molecule has 4 rings (SSSR count). The third kappa shape index (κ3) is 5.46. The quantitative estimate of drug-likeness (QED) is 0.574. The van der Waals surface area contributed by atoms with Gasteiger partial charge < -0.3 is 16.8 Å². The Labute approximate surface area is 181 Å². The molecule has 0 spiro atoms. The molecule has 1 amide bonds. The van der Waals surface area contributed by atoms with E-state index in [1.165, 1.54) is 16.9 Å². The van der Waals surface area contributed by atoms with Crippen LogP contribution in [0.2, 0.25) is 0 Å². The summed E-state index contributed by atoms with van der Waals surface area (Å²) in [4.78, 5) is 18.3. The molecule has 5 nitrogen and oxygen atoms in total. The van der Waals surface area contributed by atoms with E-state index >= 15 is 0 Å². The van der Waals surface area contributed by atoms with Crippen molar-refractivity contribution in [1.82, 2.24) is 10.3 Å². The Kier molecular flexibility index (Phi) is 6.90. The number of carbonyl (C=O) groups is 1. The third-order valence-electron chi connectivity index (χ3n) is 4.87. The molecule has 2 heterocycles. The number of benzene rings is 1. The summed E-state index contributed by atoms with van der Waals surface area (Å²) in [6.07, 6.45) is 8.22. The van der Waals surface area contributed by atoms with Gasteiger partial charge in [-0.05, 0) is 54.2 Å². The molecule has 5 N–H and O–H groups in total. The molecule has 1 aromatic carbocycles. The van der Waals surface area contributed by atoms with Crippen molar-refractivity contribution in [2.45, 2.75) is 39.0 Å². The monoisotopic (exact) mass is 422 g/mol. The number of nitrogens with zero attached hydrogens (tertiary/aromatic N) is 1. The highest BCUT2D eigenvalue weighted by Gasteiger charge is 2.15. The normalized spacial score (nSPS) is 13.7. The summed E-state index contributed by atoms with van der Waals surface area (Å²) < 4.78 is 0. The zero-order valence-electron chi connectivity index (χ0n) is 17.9. The Morgan fingerprint density at radius 2 is 2.00 bits per heavy atom. The number of amides is 1. The van der Waals surface area contributed by atoms with Crippen molar-refractivity contribution < 1.29 is 4.79 Å². The number of hydrogen-bond donors (Lipinski definition) is 3. The van der Waals surface area contributed by atoms with E-state index in [0.29, 0.717) is 18.0 Å². The first kappa shape index (κ1) is 22.0. The first-order valence-electron chi connectivity index (χ1n) is 10.2. The molecule has 0 saturated carbocycles. The standard InChI is InChI=1S/C18H21N3OS.C6H9N/c1-18(2,3)13-4-5-14-11(9-13)8-12-10-15(23-17(12)21-14)16(22)20-7-6-19;7-6-4-2-1-3-5-6/h4-5,8-10H,6-7,19H2,1-3H3,(H,20,22);1-2,4H,3,5,7H2. The highest BCUT2D eigenvalue weighted by molar-refractivity contribution is 7.20.